The Balaban J connectivity index is 2.04. The minimum atomic E-state index is -0.497. The first-order chi connectivity index (χ1) is 13.9. The number of carbonyl (C=O) groups is 1. The number of unbranched alkanes of at least 4 members (excludes halogenated alkanes) is 2. The third-order valence-electron chi connectivity index (χ3n) is 4.31. The summed E-state index contributed by atoms with van der Waals surface area (Å²) in [6.45, 7) is 4.54. The van der Waals surface area contributed by atoms with Crippen LogP contribution in [0, 0.1) is 17.0 Å². The Bertz CT molecular complexity index is 893. The molecule has 0 saturated carbocycles. The van der Waals surface area contributed by atoms with E-state index in [-0.39, 0.29) is 11.6 Å². The molecular formula is C22H26N2O5. The maximum atomic E-state index is 12.2. The van der Waals surface area contributed by atoms with Gasteiger partial charge in [0.05, 0.1) is 24.3 Å². The van der Waals surface area contributed by atoms with Crippen LogP contribution in [0.25, 0.3) is 6.08 Å². The Morgan fingerprint density at radius 2 is 1.97 bits per heavy atom. The van der Waals surface area contributed by atoms with Crippen molar-refractivity contribution >= 4 is 23.4 Å². The van der Waals surface area contributed by atoms with Gasteiger partial charge in [-0.05, 0) is 42.7 Å². The van der Waals surface area contributed by atoms with Crippen molar-refractivity contribution in [1.82, 2.24) is 0 Å². The third kappa shape index (κ3) is 6.64. The maximum absolute atomic E-state index is 12.2. The Morgan fingerprint density at radius 3 is 2.66 bits per heavy atom. The lowest BCUT2D eigenvalue weighted by atomic mass is 10.1. The highest BCUT2D eigenvalue weighted by atomic mass is 16.6. The molecule has 0 saturated heterocycles. The summed E-state index contributed by atoms with van der Waals surface area (Å²) >= 11 is 0. The fraction of sp³-hybridized carbons (Fsp3) is 0.318. The first-order valence-corrected chi connectivity index (χ1v) is 9.49. The summed E-state index contributed by atoms with van der Waals surface area (Å²) < 4.78 is 11.1. The summed E-state index contributed by atoms with van der Waals surface area (Å²) in [6.07, 6.45) is 6.24. The van der Waals surface area contributed by atoms with Crippen molar-refractivity contribution in [3.8, 4) is 11.5 Å². The molecule has 154 valence electrons. The van der Waals surface area contributed by atoms with Crippen LogP contribution in [0.1, 0.15) is 37.3 Å². The topological polar surface area (TPSA) is 90.7 Å². The van der Waals surface area contributed by atoms with Crippen molar-refractivity contribution in [2.24, 2.45) is 0 Å². The van der Waals surface area contributed by atoms with Crippen LogP contribution < -0.4 is 14.8 Å². The summed E-state index contributed by atoms with van der Waals surface area (Å²) in [6, 6.07) is 9.78. The number of non-ortho nitro benzene ring substituents is 1. The Morgan fingerprint density at radius 1 is 1.17 bits per heavy atom. The van der Waals surface area contributed by atoms with Crippen LogP contribution in [0.5, 0.6) is 11.5 Å². The summed E-state index contributed by atoms with van der Waals surface area (Å²) in [4.78, 5) is 22.6. The molecule has 7 nitrogen and oxygen atoms in total. The largest absolute Gasteiger partial charge is 0.493 e. The molecule has 0 aliphatic heterocycles. The fourth-order valence-electron chi connectivity index (χ4n) is 2.65. The normalized spacial score (nSPS) is 10.7. The van der Waals surface area contributed by atoms with Gasteiger partial charge in [-0.25, -0.2) is 0 Å². The molecule has 1 amide bonds. The molecule has 2 aromatic rings. The van der Waals surface area contributed by atoms with Gasteiger partial charge in [-0.2, -0.15) is 0 Å². The van der Waals surface area contributed by atoms with E-state index in [1.54, 1.807) is 32.2 Å². The first kappa shape index (κ1) is 21.9. The fourth-order valence-corrected chi connectivity index (χ4v) is 2.65. The predicted molar refractivity (Wildman–Crippen MR) is 114 cm³/mol. The van der Waals surface area contributed by atoms with Gasteiger partial charge >= 0.3 is 0 Å². The van der Waals surface area contributed by atoms with E-state index in [0.717, 1.165) is 30.4 Å². The number of nitro benzene ring substituents is 1. The van der Waals surface area contributed by atoms with E-state index in [4.69, 9.17) is 9.47 Å². The van der Waals surface area contributed by atoms with Crippen LogP contribution >= 0.6 is 0 Å². The lowest BCUT2D eigenvalue weighted by Crippen LogP contribution is -2.09. The number of carbonyl (C=O) groups excluding carboxylic acids is 1. The zero-order chi connectivity index (χ0) is 21.2. The maximum Gasteiger partial charge on any atom is 0.271 e. The highest BCUT2D eigenvalue weighted by molar-refractivity contribution is 6.02. The van der Waals surface area contributed by atoms with E-state index in [1.165, 1.54) is 18.2 Å². The molecule has 0 unspecified atom stereocenters. The molecule has 29 heavy (non-hydrogen) atoms. The lowest BCUT2D eigenvalue weighted by Gasteiger charge is -2.11. The second kappa shape index (κ2) is 10.8. The standard InChI is InChI=1S/C22H26N2O5/c1-4-5-6-13-29-20-11-8-17(14-21(20)28-3)9-12-22(25)23-19-15-18(24(26)27)10-7-16(19)2/h7-12,14-15H,4-6,13H2,1-3H3,(H,23,25)/b12-9+. The molecule has 0 heterocycles. The third-order valence-corrected chi connectivity index (χ3v) is 4.31. The number of hydrogen-bond donors (Lipinski definition) is 1. The molecule has 0 atom stereocenters. The van der Waals surface area contributed by atoms with Crippen molar-refractivity contribution in [1.29, 1.82) is 0 Å². The average molecular weight is 398 g/mol. The number of aryl methyl sites for hydroxylation is 1. The Kier molecular flexibility index (Phi) is 8.21. The first-order valence-electron chi connectivity index (χ1n) is 9.49. The van der Waals surface area contributed by atoms with E-state index in [9.17, 15) is 14.9 Å². The van der Waals surface area contributed by atoms with E-state index >= 15 is 0 Å². The van der Waals surface area contributed by atoms with Gasteiger partial charge < -0.3 is 14.8 Å². The quantitative estimate of drug-likeness (QED) is 0.259. The van der Waals surface area contributed by atoms with Gasteiger partial charge in [0.2, 0.25) is 5.91 Å². The van der Waals surface area contributed by atoms with E-state index < -0.39 is 4.92 Å². The second-order valence-electron chi connectivity index (χ2n) is 6.54. The van der Waals surface area contributed by atoms with Gasteiger partial charge in [0, 0.05) is 18.2 Å². The molecule has 0 aromatic heterocycles. The minimum Gasteiger partial charge on any atom is -0.493 e. The zero-order valence-corrected chi connectivity index (χ0v) is 16.9. The lowest BCUT2D eigenvalue weighted by molar-refractivity contribution is -0.384. The highest BCUT2D eigenvalue weighted by Crippen LogP contribution is 2.29. The SMILES string of the molecule is CCCCCOc1ccc(/C=C/C(=O)Nc2cc([N+](=O)[O-])ccc2C)cc1OC. The molecule has 0 aliphatic rings. The number of hydrogen-bond acceptors (Lipinski definition) is 5. The minimum absolute atomic E-state index is 0.0749. The van der Waals surface area contributed by atoms with Crippen LogP contribution in [0.2, 0.25) is 0 Å². The molecule has 2 aromatic carbocycles. The number of nitro groups is 1. The molecule has 0 fully saturated rings. The van der Waals surface area contributed by atoms with Gasteiger partial charge in [-0.15, -0.1) is 0 Å². The smallest absolute Gasteiger partial charge is 0.271 e. The summed E-state index contributed by atoms with van der Waals surface area (Å²) in [5.41, 5.74) is 1.84. The number of amides is 1. The molecule has 1 N–H and O–H groups in total. The van der Waals surface area contributed by atoms with Crippen LogP contribution in [0.15, 0.2) is 42.5 Å². The molecule has 0 spiro atoms. The van der Waals surface area contributed by atoms with Gasteiger partial charge in [0.15, 0.2) is 11.5 Å². The zero-order valence-electron chi connectivity index (χ0n) is 16.9. The monoisotopic (exact) mass is 398 g/mol. The molecule has 0 aliphatic carbocycles. The van der Waals surface area contributed by atoms with E-state index in [2.05, 4.69) is 12.2 Å². The van der Waals surface area contributed by atoms with Gasteiger partial charge in [0.1, 0.15) is 0 Å². The van der Waals surface area contributed by atoms with Crippen LogP contribution in [-0.2, 0) is 4.79 Å². The van der Waals surface area contributed by atoms with Gasteiger partial charge in [0.25, 0.3) is 5.69 Å². The Hall–Kier alpha value is -3.35. The van der Waals surface area contributed by atoms with Crippen LogP contribution in [0.3, 0.4) is 0 Å². The van der Waals surface area contributed by atoms with Gasteiger partial charge in [-0.1, -0.05) is 31.9 Å². The highest BCUT2D eigenvalue weighted by Gasteiger charge is 2.10. The number of nitrogens with one attached hydrogen (secondary N) is 1. The molecule has 7 heteroatoms. The van der Waals surface area contributed by atoms with Crippen LogP contribution in [-0.4, -0.2) is 24.5 Å². The number of methoxy groups -OCH3 is 1. The van der Waals surface area contributed by atoms with E-state index in [1.807, 2.05) is 12.1 Å². The van der Waals surface area contributed by atoms with Crippen molar-refractivity contribution < 1.29 is 19.2 Å². The van der Waals surface area contributed by atoms with Crippen molar-refractivity contribution in [3.63, 3.8) is 0 Å². The number of rotatable bonds is 10. The molecule has 0 bridgehead atoms. The summed E-state index contributed by atoms with van der Waals surface area (Å²) in [5.74, 6) is 0.878. The number of nitrogens with zero attached hydrogens (tertiary/aromatic N) is 1. The number of anilines is 1. The molecular weight excluding hydrogens is 372 g/mol. The second-order valence-corrected chi connectivity index (χ2v) is 6.54. The van der Waals surface area contributed by atoms with Crippen molar-refractivity contribution in [2.45, 2.75) is 33.1 Å². The Labute approximate surface area is 170 Å². The molecule has 2 rings (SSSR count). The van der Waals surface area contributed by atoms with Crippen LogP contribution in [0.4, 0.5) is 11.4 Å². The predicted octanol–water partition coefficient (Wildman–Crippen LogP) is 5.13. The molecule has 0 radical (unpaired) electrons. The number of benzene rings is 2. The van der Waals surface area contributed by atoms with Crippen molar-refractivity contribution in [2.75, 3.05) is 19.0 Å². The summed E-state index contributed by atoms with van der Waals surface area (Å²) in [7, 11) is 1.57. The average Bonchev–Trinajstić information content (AvgIpc) is 2.71. The summed E-state index contributed by atoms with van der Waals surface area (Å²) in [5, 5.41) is 13.6. The van der Waals surface area contributed by atoms with Crippen molar-refractivity contribution in [3.05, 3.63) is 63.7 Å². The van der Waals surface area contributed by atoms with E-state index in [0.29, 0.717) is 23.8 Å². The van der Waals surface area contributed by atoms with Gasteiger partial charge in [-0.3, -0.25) is 14.9 Å². The number of ether oxygens (including phenoxy) is 2.